The Balaban J connectivity index is 1.38. The van der Waals surface area contributed by atoms with Gasteiger partial charge in [0.05, 0.1) is 12.7 Å². The second-order valence-corrected chi connectivity index (χ2v) is 9.01. The van der Waals surface area contributed by atoms with E-state index < -0.39 is 5.60 Å². The fraction of sp³-hybridized carbons (Fsp3) is 0.696. The number of fused-ring (bicyclic) bond motifs is 1. The molecule has 0 bridgehead atoms. The number of methoxy groups -OCH3 is 1. The van der Waals surface area contributed by atoms with E-state index in [9.17, 15) is 9.90 Å². The molecule has 6 nitrogen and oxygen atoms in total. The van der Waals surface area contributed by atoms with Crippen molar-refractivity contribution in [2.75, 3.05) is 44.7 Å². The Labute approximate surface area is 174 Å². The normalized spacial score (nSPS) is 27.4. The average molecular weight is 402 g/mol. The molecule has 3 heterocycles. The van der Waals surface area contributed by atoms with Crippen LogP contribution in [0.25, 0.3) is 0 Å². The number of benzene rings is 1. The van der Waals surface area contributed by atoms with Crippen molar-refractivity contribution in [3.63, 3.8) is 0 Å². The van der Waals surface area contributed by atoms with Crippen LogP contribution in [0.5, 0.6) is 5.75 Å². The second-order valence-electron chi connectivity index (χ2n) is 9.01. The number of piperidine rings is 1. The van der Waals surface area contributed by atoms with Crippen LogP contribution in [0, 0.1) is 0 Å². The highest BCUT2D eigenvalue weighted by atomic mass is 16.5. The number of aliphatic hydroxyl groups is 1. The molecular weight excluding hydrogens is 366 g/mol. The van der Waals surface area contributed by atoms with Crippen LogP contribution < -0.4 is 9.64 Å². The summed E-state index contributed by atoms with van der Waals surface area (Å²) in [5.74, 6) is 1.07. The largest absolute Gasteiger partial charge is 0.497 e. The van der Waals surface area contributed by atoms with Crippen LogP contribution in [0.3, 0.4) is 0 Å². The Hall–Kier alpha value is -1.79. The highest BCUT2D eigenvalue weighted by Gasteiger charge is 2.43. The second kappa shape index (κ2) is 8.52. The Morgan fingerprint density at radius 3 is 2.66 bits per heavy atom. The molecule has 0 unspecified atom stereocenters. The third kappa shape index (κ3) is 4.38. The molecule has 3 aliphatic rings. The minimum Gasteiger partial charge on any atom is -0.497 e. The van der Waals surface area contributed by atoms with Crippen LogP contribution in [0.1, 0.15) is 45.4 Å². The van der Waals surface area contributed by atoms with Crippen molar-refractivity contribution in [2.45, 2.75) is 63.1 Å². The lowest BCUT2D eigenvalue weighted by atomic mass is 9.90. The summed E-state index contributed by atoms with van der Waals surface area (Å²) in [6.45, 7) is 6.01. The minimum absolute atomic E-state index is 0.203. The van der Waals surface area contributed by atoms with Crippen LogP contribution in [0.15, 0.2) is 24.3 Å². The molecule has 4 rings (SSSR count). The van der Waals surface area contributed by atoms with Gasteiger partial charge in [0.1, 0.15) is 5.75 Å². The monoisotopic (exact) mass is 401 g/mol. The van der Waals surface area contributed by atoms with E-state index in [0.29, 0.717) is 12.1 Å². The van der Waals surface area contributed by atoms with E-state index in [2.05, 4.69) is 26.8 Å². The summed E-state index contributed by atoms with van der Waals surface area (Å²) < 4.78 is 5.35. The number of nitrogens with zero attached hydrogens (tertiary/aromatic N) is 3. The zero-order chi connectivity index (χ0) is 20.4. The number of carbonyl (C=O) groups is 1. The molecule has 0 aliphatic carbocycles. The van der Waals surface area contributed by atoms with E-state index in [1.807, 2.05) is 12.1 Å². The van der Waals surface area contributed by atoms with Gasteiger partial charge in [-0.3, -0.25) is 9.69 Å². The first-order valence-electron chi connectivity index (χ1n) is 11.1. The van der Waals surface area contributed by atoms with Gasteiger partial charge in [0.25, 0.3) is 0 Å². The minimum atomic E-state index is -0.641. The van der Waals surface area contributed by atoms with E-state index in [4.69, 9.17) is 4.74 Å². The molecule has 1 amide bonds. The molecule has 0 aromatic heterocycles. The lowest BCUT2D eigenvalue weighted by Gasteiger charge is -2.43. The summed E-state index contributed by atoms with van der Waals surface area (Å²) in [6.07, 6.45) is 5.99. The van der Waals surface area contributed by atoms with Crippen LogP contribution in [-0.2, 0) is 4.79 Å². The third-order valence-corrected chi connectivity index (χ3v) is 7.19. The first-order valence-corrected chi connectivity index (χ1v) is 11.1. The Bertz CT molecular complexity index is 717. The zero-order valence-corrected chi connectivity index (χ0v) is 17.8. The molecule has 1 N–H and O–H groups in total. The molecule has 0 radical (unpaired) electrons. The Kier molecular flexibility index (Phi) is 6.02. The first-order chi connectivity index (χ1) is 14.0. The van der Waals surface area contributed by atoms with Crippen LogP contribution >= 0.6 is 0 Å². The zero-order valence-electron chi connectivity index (χ0n) is 17.8. The average Bonchev–Trinajstić information content (AvgIpc) is 2.96. The van der Waals surface area contributed by atoms with Crippen molar-refractivity contribution in [2.24, 2.45) is 0 Å². The maximum Gasteiger partial charge on any atom is 0.219 e. The van der Waals surface area contributed by atoms with Gasteiger partial charge in [-0.05, 0) is 44.2 Å². The maximum atomic E-state index is 12.1. The molecule has 6 heteroatoms. The number of hydrogen-bond donors (Lipinski definition) is 1. The molecule has 160 valence electrons. The highest BCUT2D eigenvalue weighted by Crippen LogP contribution is 2.34. The van der Waals surface area contributed by atoms with Crippen LogP contribution in [0.4, 0.5) is 5.69 Å². The molecule has 3 aliphatic heterocycles. The first kappa shape index (κ1) is 20.5. The van der Waals surface area contributed by atoms with Gasteiger partial charge in [0.15, 0.2) is 0 Å². The van der Waals surface area contributed by atoms with Crippen molar-refractivity contribution < 1.29 is 14.6 Å². The molecule has 29 heavy (non-hydrogen) atoms. The third-order valence-electron chi connectivity index (χ3n) is 7.19. The number of hydrogen-bond acceptors (Lipinski definition) is 5. The van der Waals surface area contributed by atoms with Crippen LogP contribution in [-0.4, -0.2) is 78.3 Å². The summed E-state index contributed by atoms with van der Waals surface area (Å²) in [6, 6.07) is 8.89. The predicted octanol–water partition coefficient (Wildman–Crippen LogP) is 2.50. The fourth-order valence-electron chi connectivity index (χ4n) is 5.55. The predicted molar refractivity (Wildman–Crippen MR) is 114 cm³/mol. The van der Waals surface area contributed by atoms with Crippen molar-refractivity contribution in [3.8, 4) is 5.75 Å². The van der Waals surface area contributed by atoms with E-state index in [1.165, 1.54) is 6.42 Å². The number of anilines is 1. The molecule has 1 aromatic rings. The van der Waals surface area contributed by atoms with Gasteiger partial charge in [-0.1, -0.05) is 12.5 Å². The standard InChI is InChI=1S/C23H35N3O3/c1-18(27)26-12-4-3-8-21-22(26)9-13-25(21)17-23(28)10-14-24(15-11-23)19-6-5-7-20(16-19)29-2/h5-7,16,21-22,28H,3-4,8-15,17H2,1-2H3/t21-,22-/m0/s1. The topological polar surface area (TPSA) is 56.3 Å². The van der Waals surface area contributed by atoms with E-state index in [1.54, 1.807) is 14.0 Å². The van der Waals surface area contributed by atoms with Gasteiger partial charge in [0, 0.05) is 63.5 Å². The summed E-state index contributed by atoms with van der Waals surface area (Å²) >= 11 is 0. The molecule has 0 spiro atoms. The lowest BCUT2D eigenvalue weighted by Crippen LogP contribution is -2.53. The molecule has 2 atom stereocenters. The Morgan fingerprint density at radius 2 is 1.93 bits per heavy atom. The number of likely N-dealkylation sites (tertiary alicyclic amines) is 2. The number of rotatable bonds is 4. The number of β-amino-alcohol motifs (C(OH)–C–C–N with tert-alkyl or cyclic N) is 1. The van der Waals surface area contributed by atoms with Gasteiger partial charge < -0.3 is 19.6 Å². The summed E-state index contributed by atoms with van der Waals surface area (Å²) in [4.78, 5) is 19.0. The van der Waals surface area contributed by atoms with E-state index in [0.717, 1.165) is 76.3 Å². The molecule has 3 saturated heterocycles. The molecule has 1 aromatic carbocycles. The fourth-order valence-corrected chi connectivity index (χ4v) is 5.55. The smallest absolute Gasteiger partial charge is 0.219 e. The van der Waals surface area contributed by atoms with Crippen molar-refractivity contribution in [3.05, 3.63) is 24.3 Å². The summed E-state index contributed by atoms with van der Waals surface area (Å²) in [7, 11) is 1.69. The Morgan fingerprint density at radius 1 is 1.14 bits per heavy atom. The van der Waals surface area contributed by atoms with Gasteiger partial charge in [-0.2, -0.15) is 0 Å². The van der Waals surface area contributed by atoms with Gasteiger partial charge >= 0.3 is 0 Å². The quantitative estimate of drug-likeness (QED) is 0.840. The van der Waals surface area contributed by atoms with Crippen LogP contribution in [0.2, 0.25) is 0 Å². The SMILES string of the molecule is COc1cccc(N2CCC(O)(CN3CC[C@H]4[C@@H]3CCCCN4C(C)=O)CC2)c1. The number of carbonyl (C=O) groups excluding carboxylic acids is 1. The number of ether oxygens (including phenoxy) is 1. The number of amides is 1. The molecular formula is C23H35N3O3. The summed E-state index contributed by atoms with van der Waals surface area (Å²) in [5.41, 5.74) is 0.519. The molecule has 3 fully saturated rings. The van der Waals surface area contributed by atoms with Gasteiger partial charge in [0.2, 0.25) is 5.91 Å². The van der Waals surface area contributed by atoms with Gasteiger partial charge in [-0.15, -0.1) is 0 Å². The van der Waals surface area contributed by atoms with Gasteiger partial charge in [-0.25, -0.2) is 0 Å². The van der Waals surface area contributed by atoms with Crippen molar-refractivity contribution in [1.29, 1.82) is 0 Å². The van der Waals surface area contributed by atoms with E-state index >= 15 is 0 Å². The maximum absolute atomic E-state index is 12.1. The van der Waals surface area contributed by atoms with Crippen molar-refractivity contribution in [1.82, 2.24) is 9.80 Å². The van der Waals surface area contributed by atoms with E-state index in [-0.39, 0.29) is 5.91 Å². The molecule has 0 saturated carbocycles. The summed E-state index contributed by atoms with van der Waals surface area (Å²) in [5, 5.41) is 11.4. The van der Waals surface area contributed by atoms with Crippen molar-refractivity contribution >= 4 is 11.6 Å². The highest BCUT2D eigenvalue weighted by molar-refractivity contribution is 5.73. The lowest BCUT2D eigenvalue weighted by molar-refractivity contribution is -0.131.